The molecule has 0 aromatic heterocycles. The van der Waals surface area contributed by atoms with E-state index in [-0.39, 0.29) is 12.5 Å². The van der Waals surface area contributed by atoms with Gasteiger partial charge in [0.1, 0.15) is 5.75 Å². The van der Waals surface area contributed by atoms with Crippen LogP contribution in [0.3, 0.4) is 0 Å². The highest BCUT2D eigenvalue weighted by Crippen LogP contribution is 2.55. The third-order valence-corrected chi connectivity index (χ3v) is 7.74. The number of amides is 2. The summed E-state index contributed by atoms with van der Waals surface area (Å²) in [6.45, 7) is 3.62. The number of rotatable bonds is 5. The van der Waals surface area contributed by atoms with Crippen LogP contribution in [0.25, 0.3) is 0 Å². The normalized spacial score (nSPS) is 34.8. The first-order valence-electron chi connectivity index (χ1n) is 11.1. The Morgan fingerprint density at radius 1 is 1.10 bits per heavy atom. The zero-order valence-electron chi connectivity index (χ0n) is 17.1. The number of nitrogens with two attached hydrogens (primary N) is 1. The highest BCUT2D eigenvalue weighted by Gasteiger charge is 2.50. The van der Waals surface area contributed by atoms with E-state index in [9.17, 15) is 9.59 Å². The van der Waals surface area contributed by atoms with Gasteiger partial charge in [-0.3, -0.25) is 14.5 Å². The van der Waals surface area contributed by atoms with Crippen molar-refractivity contribution in [3.05, 3.63) is 24.3 Å². The molecule has 6 heteroatoms. The van der Waals surface area contributed by atoms with Gasteiger partial charge in [0.15, 0.2) is 6.10 Å². The maximum atomic E-state index is 13.4. The van der Waals surface area contributed by atoms with Crippen LogP contribution in [0.2, 0.25) is 0 Å². The van der Waals surface area contributed by atoms with Crippen LogP contribution in [0.15, 0.2) is 24.3 Å². The third-order valence-electron chi connectivity index (χ3n) is 7.74. The summed E-state index contributed by atoms with van der Waals surface area (Å²) in [7, 11) is 0. The second kappa shape index (κ2) is 7.31. The van der Waals surface area contributed by atoms with Crippen LogP contribution in [0, 0.1) is 23.7 Å². The Hall–Kier alpha value is -2.08. The maximum Gasteiger partial charge on any atom is 0.260 e. The third kappa shape index (κ3) is 3.31. The topological polar surface area (TPSA) is 75.9 Å². The first-order valence-corrected chi connectivity index (χ1v) is 11.1. The number of ether oxygens (including phenoxy) is 1. The van der Waals surface area contributed by atoms with E-state index in [0.29, 0.717) is 18.3 Å². The van der Waals surface area contributed by atoms with E-state index in [4.69, 9.17) is 10.5 Å². The number of carbonyl (C=O) groups excluding carboxylic acids is 2. The Balaban J connectivity index is 1.35. The molecule has 1 aromatic carbocycles. The van der Waals surface area contributed by atoms with Crippen LogP contribution in [0.1, 0.15) is 39.0 Å². The zero-order valence-corrected chi connectivity index (χ0v) is 17.1. The second-order valence-electron chi connectivity index (χ2n) is 9.47. The number of hydrogen-bond acceptors (Lipinski definition) is 4. The summed E-state index contributed by atoms with van der Waals surface area (Å²) in [4.78, 5) is 29.3. The van der Waals surface area contributed by atoms with E-state index >= 15 is 0 Å². The largest absolute Gasteiger partial charge is 0.477 e. The lowest BCUT2D eigenvalue weighted by molar-refractivity contribution is -0.126. The van der Waals surface area contributed by atoms with E-state index in [1.165, 1.54) is 32.1 Å². The highest BCUT2D eigenvalue weighted by atomic mass is 16.5. The molecular formula is C23H31N3O3. The van der Waals surface area contributed by atoms with Gasteiger partial charge in [0.05, 0.1) is 18.8 Å². The molecule has 1 heterocycles. The van der Waals surface area contributed by atoms with E-state index in [1.807, 2.05) is 18.2 Å². The molecule has 0 unspecified atom stereocenters. The van der Waals surface area contributed by atoms with Crippen LogP contribution in [0.5, 0.6) is 5.75 Å². The molecule has 6 nitrogen and oxygen atoms in total. The minimum atomic E-state index is -0.801. The zero-order chi connectivity index (χ0) is 20.1. The van der Waals surface area contributed by atoms with Gasteiger partial charge in [-0.05, 0) is 74.5 Å². The lowest BCUT2D eigenvalue weighted by atomic mass is 9.54. The van der Waals surface area contributed by atoms with Crippen molar-refractivity contribution in [2.75, 3.05) is 24.5 Å². The number of para-hydroxylation sites is 2. The van der Waals surface area contributed by atoms with E-state index < -0.39 is 12.0 Å². The fraction of sp³-hybridized carbons (Fsp3) is 0.652. The van der Waals surface area contributed by atoms with Gasteiger partial charge in [0, 0.05) is 6.04 Å². The van der Waals surface area contributed by atoms with Crippen molar-refractivity contribution in [2.24, 2.45) is 29.4 Å². The molecule has 2 N–H and O–H groups in total. The lowest BCUT2D eigenvalue weighted by Crippen LogP contribution is -2.58. The van der Waals surface area contributed by atoms with Gasteiger partial charge in [-0.15, -0.1) is 0 Å². The molecule has 0 spiro atoms. The number of carbonyl (C=O) groups is 2. The van der Waals surface area contributed by atoms with Crippen LogP contribution in [-0.4, -0.2) is 48.5 Å². The van der Waals surface area contributed by atoms with Gasteiger partial charge >= 0.3 is 0 Å². The predicted molar refractivity (Wildman–Crippen MR) is 110 cm³/mol. The summed E-state index contributed by atoms with van der Waals surface area (Å²) in [5.74, 6) is 3.38. The van der Waals surface area contributed by atoms with Gasteiger partial charge < -0.3 is 15.4 Å². The molecule has 6 rings (SSSR count). The molecule has 4 bridgehead atoms. The molecule has 29 heavy (non-hydrogen) atoms. The van der Waals surface area contributed by atoms with Gasteiger partial charge in [-0.1, -0.05) is 19.1 Å². The smallest absolute Gasteiger partial charge is 0.260 e. The summed E-state index contributed by atoms with van der Waals surface area (Å²) in [5.41, 5.74) is 6.23. The molecular weight excluding hydrogens is 366 g/mol. The monoisotopic (exact) mass is 397 g/mol. The second-order valence-corrected chi connectivity index (χ2v) is 9.47. The van der Waals surface area contributed by atoms with Gasteiger partial charge in [-0.2, -0.15) is 0 Å². The van der Waals surface area contributed by atoms with E-state index in [1.54, 1.807) is 11.0 Å². The molecule has 1 aromatic rings. The Bertz CT molecular complexity index is 782. The Kier molecular flexibility index (Phi) is 4.77. The molecule has 4 fully saturated rings. The molecule has 1 atom stereocenters. The Labute approximate surface area is 172 Å². The molecule has 5 aliphatic rings. The minimum Gasteiger partial charge on any atom is -0.477 e. The van der Waals surface area contributed by atoms with Crippen LogP contribution in [0.4, 0.5) is 5.69 Å². The van der Waals surface area contributed by atoms with Crippen molar-refractivity contribution in [1.82, 2.24) is 4.90 Å². The summed E-state index contributed by atoms with van der Waals surface area (Å²) in [6, 6.07) is 7.93. The first kappa shape index (κ1) is 18.9. The van der Waals surface area contributed by atoms with Crippen LogP contribution < -0.4 is 15.4 Å². The summed E-state index contributed by atoms with van der Waals surface area (Å²) < 4.78 is 5.72. The number of likely N-dealkylation sites (N-methyl/N-ethyl adjacent to an activating group) is 1. The Morgan fingerprint density at radius 2 is 1.76 bits per heavy atom. The van der Waals surface area contributed by atoms with E-state index in [2.05, 4.69) is 11.8 Å². The van der Waals surface area contributed by atoms with Crippen molar-refractivity contribution in [3.63, 3.8) is 0 Å². The van der Waals surface area contributed by atoms with Crippen molar-refractivity contribution >= 4 is 17.5 Å². The average Bonchev–Trinajstić information content (AvgIpc) is 2.71. The summed E-state index contributed by atoms with van der Waals surface area (Å²) in [5, 5.41) is 0. The maximum absolute atomic E-state index is 13.4. The number of primary amides is 1. The minimum absolute atomic E-state index is 0.0302. The first-order chi connectivity index (χ1) is 14.0. The number of anilines is 1. The van der Waals surface area contributed by atoms with Gasteiger partial charge in [0.25, 0.3) is 5.91 Å². The molecule has 2 amide bonds. The van der Waals surface area contributed by atoms with E-state index in [0.717, 1.165) is 35.9 Å². The fourth-order valence-corrected chi connectivity index (χ4v) is 6.80. The van der Waals surface area contributed by atoms with Crippen LogP contribution in [-0.2, 0) is 9.59 Å². The fourth-order valence-electron chi connectivity index (χ4n) is 6.80. The summed E-state index contributed by atoms with van der Waals surface area (Å²) in [6.07, 6.45) is 5.99. The molecule has 4 saturated carbocycles. The lowest BCUT2D eigenvalue weighted by Gasteiger charge is -2.57. The van der Waals surface area contributed by atoms with Crippen molar-refractivity contribution in [1.29, 1.82) is 0 Å². The van der Waals surface area contributed by atoms with Crippen LogP contribution >= 0.6 is 0 Å². The highest BCUT2D eigenvalue weighted by molar-refractivity contribution is 5.98. The number of hydrogen-bond donors (Lipinski definition) is 1. The molecule has 1 aliphatic heterocycles. The Morgan fingerprint density at radius 3 is 2.38 bits per heavy atom. The average molecular weight is 398 g/mol. The molecule has 156 valence electrons. The SMILES string of the molecule is CCN(CC(=O)N1C[C@@H](C(N)=O)Oc2ccccc21)C1C2CC3CC(C2)CC1C3. The van der Waals surface area contributed by atoms with Gasteiger partial charge in [-0.25, -0.2) is 0 Å². The standard InChI is InChI=1S/C23H31N3O3/c1-2-25(22-16-8-14-7-15(10-16)11-17(22)9-14)13-21(27)26-12-20(23(24)28)29-19-6-4-3-5-18(19)26/h3-6,14-17,20,22H,2,7-13H2,1H3,(H2,24,28)/t14?,15?,16?,17?,20-,22?/m0/s1. The summed E-state index contributed by atoms with van der Waals surface area (Å²) >= 11 is 0. The van der Waals surface area contributed by atoms with Crippen molar-refractivity contribution < 1.29 is 14.3 Å². The number of benzene rings is 1. The number of fused-ring (bicyclic) bond motifs is 1. The molecule has 4 aliphatic carbocycles. The predicted octanol–water partition coefficient (Wildman–Crippen LogP) is 2.41. The quantitative estimate of drug-likeness (QED) is 0.828. The molecule has 0 saturated heterocycles. The number of nitrogens with zero attached hydrogens (tertiary/aromatic N) is 2. The molecule has 0 radical (unpaired) electrons. The van der Waals surface area contributed by atoms with Crippen molar-refractivity contribution in [2.45, 2.75) is 51.2 Å². The van der Waals surface area contributed by atoms with Crippen molar-refractivity contribution in [3.8, 4) is 5.75 Å². The van der Waals surface area contributed by atoms with Gasteiger partial charge in [0.2, 0.25) is 5.91 Å².